The van der Waals surface area contributed by atoms with Gasteiger partial charge in [-0.25, -0.2) is 4.79 Å². The van der Waals surface area contributed by atoms with Gasteiger partial charge in [0.25, 0.3) is 0 Å². The third-order valence-electron chi connectivity index (χ3n) is 1.61. The zero-order chi connectivity index (χ0) is 9.14. The smallest absolute Gasteiger partial charge is 0.318 e. The minimum Gasteiger partial charge on any atom is -0.399 e. The number of benzene rings is 1. The number of rotatable bonds is 1. The molecule has 2 amide bonds. The van der Waals surface area contributed by atoms with Gasteiger partial charge in [-0.15, -0.1) is 0 Å². The highest BCUT2D eigenvalue weighted by Crippen LogP contribution is 2.13. The van der Waals surface area contributed by atoms with Crippen LogP contribution in [0.15, 0.2) is 24.3 Å². The first kappa shape index (κ1) is 8.39. The van der Waals surface area contributed by atoms with Crippen molar-refractivity contribution in [2.75, 3.05) is 17.7 Å². The number of anilines is 2. The van der Waals surface area contributed by atoms with Gasteiger partial charge in [0, 0.05) is 18.4 Å². The number of hydrogen-bond acceptors (Lipinski definition) is 2. The van der Waals surface area contributed by atoms with Gasteiger partial charge in [-0.1, -0.05) is 0 Å². The molecule has 0 aromatic heterocycles. The summed E-state index contributed by atoms with van der Waals surface area (Å²) in [6.07, 6.45) is 0. The van der Waals surface area contributed by atoms with Crippen LogP contribution in [0.1, 0.15) is 0 Å². The molecule has 0 saturated carbocycles. The van der Waals surface area contributed by atoms with Crippen molar-refractivity contribution in [3.8, 4) is 0 Å². The maximum atomic E-state index is 10.7. The minimum absolute atomic E-state index is 0.486. The van der Waals surface area contributed by atoms with Gasteiger partial charge in [0.2, 0.25) is 0 Å². The second kappa shape index (κ2) is 3.13. The number of nitrogens with two attached hydrogens (primary N) is 2. The molecule has 0 heterocycles. The van der Waals surface area contributed by atoms with Crippen molar-refractivity contribution >= 4 is 17.4 Å². The zero-order valence-electron chi connectivity index (χ0n) is 6.82. The molecule has 4 heteroatoms. The lowest BCUT2D eigenvalue weighted by molar-refractivity contribution is 0.255. The molecule has 0 spiro atoms. The van der Waals surface area contributed by atoms with E-state index in [1.54, 1.807) is 31.3 Å². The topological polar surface area (TPSA) is 72.3 Å². The van der Waals surface area contributed by atoms with E-state index in [1.165, 1.54) is 4.90 Å². The van der Waals surface area contributed by atoms with Gasteiger partial charge in [-0.05, 0) is 24.3 Å². The Morgan fingerprint density at radius 3 is 2.25 bits per heavy atom. The van der Waals surface area contributed by atoms with Crippen LogP contribution in [-0.4, -0.2) is 13.1 Å². The SMILES string of the molecule is CN(C(N)=O)c1ccc(N)cc1. The summed E-state index contributed by atoms with van der Waals surface area (Å²) in [4.78, 5) is 12.0. The van der Waals surface area contributed by atoms with Crippen molar-refractivity contribution in [2.45, 2.75) is 0 Å². The molecule has 0 aliphatic rings. The molecule has 0 bridgehead atoms. The first-order valence-corrected chi connectivity index (χ1v) is 3.50. The molecule has 12 heavy (non-hydrogen) atoms. The average molecular weight is 165 g/mol. The van der Waals surface area contributed by atoms with E-state index in [2.05, 4.69) is 0 Å². The van der Waals surface area contributed by atoms with Gasteiger partial charge in [-0.3, -0.25) is 4.90 Å². The van der Waals surface area contributed by atoms with Crippen molar-refractivity contribution < 1.29 is 4.79 Å². The highest BCUT2D eigenvalue weighted by molar-refractivity contribution is 5.90. The van der Waals surface area contributed by atoms with E-state index < -0.39 is 6.03 Å². The van der Waals surface area contributed by atoms with Crippen LogP contribution in [0.2, 0.25) is 0 Å². The van der Waals surface area contributed by atoms with Gasteiger partial charge in [0.05, 0.1) is 0 Å². The summed E-state index contributed by atoms with van der Waals surface area (Å²) in [5, 5.41) is 0. The van der Waals surface area contributed by atoms with Crippen LogP contribution in [0, 0.1) is 0 Å². The highest BCUT2D eigenvalue weighted by atomic mass is 16.2. The number of amides is 2. The molecule has 4 nitrogen and oxygen atoms in total. The van der Waals surface area contributed by atoms with E-state index in [4.69, 9.17) is 11.5 Å². The number of hydrogen-bond donors (Lipinski definition) is 2. The Morgan fingerprint density at radius 2 is 1.83 bits per heavy atom. The van der Waals surface area contributed by atoms with Crippen LogP contribution in [0.5, 0.6) is 0 Å². The molecule has 64 valence electrons. The summed E-state index contributed by atoms with van der Waals surface area (Å²) in [7, 11) is 1.61. The van der Waals surface area contributed by atoms with Gasteiger partial charge >= 0.3 is 6.03 Å². The molecule has 0 atom stereocenters. The Balaban J connectivity index is 2.89. The molecule has 0 saturated heterocycles. The van der Waals surface area contributed by atoms with Crippen molar-refractivity contribution in [3.63, 3.8) is 0 Å². The third kappa shape index (κ3) is 1.66. The van der Waals surface area contributed by atoms with Crippen molar-refractivity contribution in [2.24, 2.45) is 5.73 Å². The number of carbonyl (C=O) groups excluding carboxylic acids is 1. The van der Waals surface area contributed by atoms with E-state index in [0.29, 0.717) is 5.69 Å². The van der Waals surface area contributed by atoms with Crippen molar-refractivity contribution in [1.29, 1.82) is 0 Å². The number of carbonyl (C=O) groups is 1. The van der Waals surface area contributed by atoms with E-state index >= 15 is 0 Å². The Kier molecular flexibility index (Phi) is 2.19. The summed E-state index contributed by atoms with van der Waals surface area (Å²) >= 11 is 0. The van der Waals surface area contributed by atoms with Gasteiger partial charge in [0.1, 0.15) is 0 Å². The molecule has 4 N–H and O–H groups in total. The predicted octanol–water partition coefficient (Wildman–Crippen LogP) is 0.784. The largest absolute Gasteiger partial charge is 0.399 e. The lowest BCUT2D eigenvalue weighted by atomic mass is 10.3. The lowest BCUT2D eigenvalue weighted by Gasteiger charge is -2.13. The molecular weight excluding hydrogens is 154 g/mol. The first-order chi connectivity index (χ1) is 5.61. The van der Waals surface area contributed by atoms with Gasteiger partial charge in [-0.2, -0.15) is 0 Å². The summed E-state index contributed by atoms with van der Waals surface area (Å²) in [6.45, 7) is 0. The van der Waals surface area contributed by atoms with Crippen LogP contribution >= 0.6 is 0 Å². The quantitative estimate of drug-likeness (QED) is 0.603. The number of nitrogen functional groups attached to an aromatic ring is 1. The molecule has 0 aliphatic heterocycles. The van der Waals surface area contributed by atoms with Crippen LogP contribution in [0.3, 0.4) is 0 Å². The lowest BCUT2D eigenvalue weighted by Crippen LogP contribution is -2.31. The standard InChI is InChI=1S/C8H11N3O/c1-11(8(10)12)7-4-2-6(9)3-5-7/h2-5H,9H2,1H3,(H2,10,12). The fourth-order valence-electron chi connectivity index (χ4n) is 0.825. The second-order valence-corrected chi connectivity index (χ2v) is 2.49. The van der Waals surface area contributed by atoms with E-state index in [-0.39, 0.29) is 0 Å². The van der Waals surface area contributed by atoms with Crippen LogP contribution in [0.25, 0.3) is 0 Å². The predicted molar refractivity (Wildman–Crippen MR) is 48.8 cm³/mol. The Morgan fingerprint density at radius 1 is 1.33 bits per heavy atom. The van der Waals surface area contributed by atoms with Crippen LogP contribution in [0.4, 0.5) is 16.2 Å². The summed E-state index contributed by atoms with van der Waals surface area (Å²) < 4.78 is 0. The van der Waals surface area contributed by atoms with Crippen LogP contribution in [-0.2, 0) is 0 Å². The molecule has 0 unspecified atom stereocenters. The second-order valence-electron chi connectivity index (χ2n) is 2.49. The average Bonchev–Trinajstić information content (AvgIpc) is 2.04. The number of urea groups is 1. The minimum atomic E-state index is -0.486. The van der Waals surface area contributed by atoms with E-state index in [1.807, 2.05) is 0 Å². The highest BCUT2D eigenvalue weighted by Gasteiger charge is 2.04. The van der Waals surface area contributed by atoms with Gasteiger partial charge in [0.15, 0.2) is 0 Å². The molecule has 0 fully saturated rings. The molecule has 0 radical (unpaired) electrons. The maximum Gasteiger partial charge on any atom is 0.318 e. The number of primary amides is 1. The summed E-state index contributed by atoms with van der Waals surface area (Å²) in [6, 6.07) is 6.42. The van der Waals surface area contributed by atoms with Crippen molar-refractivity contribution in [3.05, 3.63) is 24.3 Å². The monoisotopic (exact) mass is 165 g/mol. The number of nitrogens with zero attached hydrogens (tertiary/aromatic N) is 1. The fourth-order valence-corrected chi connectivity index (χ4v) is 0.825. The normalized spacial score (nSPS) is 9.42. The van der Waals surface area contributed by atoms with Crippen LogP contribution < -0.4 is 16.4 Å². The zero-order valence-corrected chi connectivity index (χ0v) is 6.82. The maximum absolute atomic E-state index is 10.7. The summed E-state index contributed by atoms with van der Waals surface area (Å²) in [5.74, 6) is 0. The Hall–Kier alpha value is -1.71. The Bertz CT molecular complexity index is 281. The molecule has 1 aromatic rings. The molecular formula is C8H11N3O. The van der Waals surface area contributed by atoms with E-state index in [0.717, 1.165) is 5.69 Å². The van der Waals surface area contributed by atoms with Gasteiger partial charge < -0.3 is 11.5 Å². The fraction of sp³-hybridized carbons (Fsp3) is 0.125. The molecule has 0 aliphatic carbocycles. The third-order valence-corrected chi connectivity index (χ3v) is 1.61. The van der Waals surface area contributed by atoms with Crippen molar-refractivity contribution in [1.82, 2.24) is 0 Å². The Labute approximate surface area is 70.8 Å². The summed E-state index contributed by atoms with van der Waals surface area (Å²) in [5.41, 5.74) is 11.9. The first-order valence-electron chi connectivity index (χ1n) is 3.50. The molecule has 1 aromatic carbocycles. The molecule has 1 rings (SSSR count). The van der Waals surface area contributed by atoms with E-state index in [9.17, 15) is 4.79 Å².